The Kier molecular flexibility index (Phi) is 10.4. The number of Topliss-reactive ketones (excluding diaryl/α,β-unsaturated/α-hetero) is 1. The zero-order chi connectivity index (χ0) is 42.5. The van der Waals surface area contributed by atoms with Crippen molar-refractivity contribution in [2.24, 2.45) is 66.9 Å². The number of fused-ring (bicyclic) bond motifs is 7. The molecule has 3 N–H and O–H groups in total. The Morgan fingerprint density at radius 3 is 2.31 bits per heavy atom. The predicted octanol–water partition coefficient (Wildman–Crippen LogP) is 10.1. The van der Waals surface area contributed by atoms with Crippen LogP contribution in [0, 0.1) is 56.2 Å². The first-order valence-corrected chi connectivity index (χ1v) is 23.0. The number of aliphatic imine (C=N–C) groups is 1. The van der Waals surface area contributed by atoms with Gasteiger partial charge in [0.15, 0.2) is 5.78 Å². The Morgan fingerprint density at radius 1 is 0.949 bits per heavy atom. The molecule has 0 spiro atoms. The van der Waals surface area contributed by atoms with Crippen molar-refractivity contribution in [3.05, 3.63) is 58.3 Å². The van der Waals surface area contributed by atoms with Crippen LogP contribution in [-0.2, 0) is 19.1 Å². The van der Waals surface area contributed by atoms with Gasteiger partial charge in [-0.05, 0) is 147 Å². The molecule has 8 heteroatoms. The molecule has 8 atom stereocenters. The molecule has 1 aromatic rings. The van der Waals surface area contributed by atoms with E-state index in [4.69, 9.17) is 15.5 Å². The smallest absolute Gasteiger partial charge is 0.309 e. The van der Waals surface area contributed by atoms with Crippen LogP contribution in [0.25, 0.3) is 5.70 Å². The number of ether oxygens (including phenoxy) is 1. The average molecular weight is 806 g/mol. The minimum absolute atomic E-state index is 0.0110. The van der Waals surface area contributed by atoms with Crippen molar-refractivity contribution in [3.8, 4) is 0 Å². The summed E-state index contributed by atoms with van der Waals surface area (Å²) in [6.45, 7) is 21.6. The van der Waals surface area contributed by atoms with E-state index >= 15 is 0 Å². The number of hydrogen-bond acceptors (Lipinski definition) is 7. The van der Waals surface area contributed by atoms with E-state index in [1.54, 1.807) is 13.8 Å². The zero-order valence-electron chi connectivity index (χ0n) is 37.5. The number of nitrogens with two attached hydrogens (primary N) is 1. The van der Waals surface area contributed by atoms with E-state index in [1.807, 2.05) is 0 Å². The second-order valence-corrected chi connectivity index (χ2v) is 22.2. The van der Waals surface area contributed by atoms with Crippen LogP contribution in [0.4, 0.5) is 0 Å². The number of esters is 1. The number of aliphatic carboxylic acids is 1. The number of allylic oxidation sites excluding steroid dienone is 1. The lowest BCUT2D eigenvalue weighted by Gasteiger charge is -2.72. The van der Waals surface area contributed by atoms with Crippen molar-refractivity contribution in [1.82, 2.24) is 4.90 Å². The molecule has 6 aliphatic carbocycles. The first-order valence-electron chi connectivity index (χ1n) is 23.0. The van der Waals surface area contributed by atoms with E-state index in [1.165, 1.54) is 24.0 Å². The Labute approximate surface area is 353 Å². The summed E-state index contributed by atoms with van der Waals surface area (Å²) in [6, 6.07) is 9.07. The maximum absolute atomic E-state index is 14.7. The Hall–Kier alpha value is -3.48. The minimum atomic E-state index is -1.17. The molecule has 59 heavy (non-hydrogen) atoms. The minimum Gasteiger partial charge on any atom is -0.481 e. The van der Waals surface area contributed by atoms with Gasteiger partial charge in [-0.25, -0.2) is 0 Å². The quantitative estimate of drug-likeness (QED) is 0.178. The van der Waals surface area contributed by atoms with Gasteiger partial charge in [0.1, 0.15) is 11.9 Å². The summed E-state index contributed by atoms with van der Waals surface area (Å²) in [7, 11) is 0. The van der Waals surface area contributed by atoms with Crippen LogP contribution in [-0.4, -0.2) is 59.3 Å². The summed E-state index contributed by atoms with van der Waals surface area (Å²) >= 11 is 0. The summed E-state index contributed by atoms with van der Waals surface area (Å²) in [5.74, 6) is 1.87. The maximum Gasteiger partial charge on any atom is 0.309 e. The number of carboxylic acids is 1. The Bertz CT molecular complexity index is 2030. The molecule has 8 nitrogen and oxygen atoms in total. The highest BCUT2D eigenvalue weighted by Gasteiger charge is 2.71. The first-order chi connectivity index (χ1) is 27.7. The van der Waals surface area contributed by atoms with E-state index in [9.17, 15) is 19.5 Å². The number of carbonyl (C=O) groups is 3. The number of carboxylic acid groups (broad SMARTS) is 1. The van der Waals surface area contributed by atoms with Gasteiger partial charge in [-0.1, -0.05) is 78.5 Å². The standard InChI is InChI=1S/C51H71N3O5/c1-31(2)42-37(55)29-51(44-53-27-10-11-36(54(44)28-26-52)34-16-14-33(15-17-34)32-12-13-32)25-24-49(8)35(43(42)51)18-19-39-48(7)22-21-40(59-41(56)30-46(3,4)45(57)58)47(5,6)38(48)20-23-50(39,49)9/h10,14-17,31-32,35,38-40H,12-13,18-30,52H2,1-9H3,(H,57,58). The van der Waals surface area contributed by atoms with Crippen molar-refractivity contribution < 1.29 is 24.2 Å². The van der Waals surface area contributed by atoms with Gasteiger partial charge >= 0.3 is 11.9 Å². The monoisotopic (exact) mass is 806 g/mol. The second-order valence-electron chi connectivity index (χ2n) is 22.2. The summed E-state index contributed by atoms with van der Waals surface area (Å²) in [6.07, 6.45) is 12.7. The molecule has 0 radical (unpaired) electrons. The summed E-state index contributed by atoms with van der Waals surface area (Å²) < 4.78 is 6.23. The number of carbonyl (C=O) groups excluding carboxylic acids is 2. The number of hydrogen-bond donors (Lipinski definition) is 2. The number of ketones is 1. The highest BCUT2D eigenvalue weighted by atomic mass is 16.5. The molecule has 0 aromatic heterocycles. The molecule has 5 fully saturated rings. The van der Waals surface area contributed by atoms with Crippen LogP contribution >= 0.6 is 0 Å². The average Bonchev–Trinajstić information content (AvgIpc) is 3.99. The number of benzene rings is 1. The summed E-state index contributed by atoms with van der Waals surface area (Å²) in [5.41, 5.74) is 14.3. The Morgan fingerprint density at radius 2 is 1.66 bits per heavy atom. The number of nitrogens with zero attached hydrogens (tertiary/aromatic N) is 2. The van der Waals surface area contributed by atoms with Crippen molar-refractivity contribution in [3.63, 3.8) is 0 Å². The van der Waals surface area contributed by atoms with Crippen LogP contribution in [0.1, 0.15) is 156 Å². The summed E-state index contributed by atoms with van der Waals surface area (Å²) in [5, 5.41) is 9.69. The van der Waals surface area contributed by atoms with Crippen LogP contribution in [0.5, 0.6) is 0 Å². The molecule has 0 bridgehead atoms. The fraction of sp³-hybridized carbons (Fsp3) is 0.706. The van der Waals surface area contributed by atoms with Gasteiger partial charge in [0.05, 0.1) is 29.5 Å². The van der Waals surface area contributed by atoms with Crippen LogP contribution in [0.3, 0.4) is 0 Å². The molecule has 0 amide bonds. The van der Waals surface area contributed by atoms with Gasteiger partial charge in [-0.15, -0.1) is 0 Å². The van der Waals surface area contributed by atoms with Gasteiger partial charge in [-0.3, -0.25) is 19.4 Å². The van der Waals surface area contributed by atoms with Gasteiger partial charge < -0.3 is 20.5 Å². The van der Waals surface area contributed by atoms with E-state index < -0.39 is 22.8 Å². The highest BCUT2D eigenvalue weighted by Crippen LogP contribution is 2.77. The zero-order valence-corrected chi connectivity index (χ0v) is 37.5. The van der Waals surface area contributed by atoms with Crippen molar-refractivity contribution in [2.75, 3.05) is 19.6 Å². The molecule has 1 aliphatic heterocycles. The van der Waals surface area contributed by atoms with Crippen molar-refractivity contribution in [1.29, 1.82) is 0 Å². The van der Waals surface area contributed by atoms with E-state index in [-0.39, 0.29) is 46.0 Å². The first kappa shape index (κ1) is 42.2. The largest absolute Gasteiger partial charge is 0.481 e. The fourth-order valence-electron chi connectivity index (χ4n) is 14.6. The van der Waals surface area contributed by atoms with Gasteiger partial charge in [0.2, 0.25) is 0 Å². The molecule has 320 valence electrons. The Balaban J connectivity index is 1.12. The lowest BCUT2D eigenvalue weighted by atomic mass is 9.33. The summed E-state index contributed by atoms with van der Waals surface area (Å²) in [4.78, 5) is 47.5. The lowest BCUT2D eigenvalue weighted by molar-refractivity contribution is -0.232. The van der Waals surface area contributed by atoms with Crippen molar-refractivity contribution in [2.45, 2.75) is 151 Å². The van der Waals surface area contributed by atoms with Crippen molar-refractivity contribution >= 4 is 29.3 Å². The van der Waals surface area contributed by atoms with E-state index in [2.05, 4.69) is 89.4 Å². The molecular weight excluding hydrogens is 735 g/mol. The fourth-order valence-corrected chi connectivity index (χ4v) is 14.6. The van der Waals surface area contributed by atoms with Gasteiger partial charge in [-0.2, -0.15) is 0 Å². The van der Waals surface area contributed by atoms with Gasteiger partial charge in [0.25, 0.3) is 0 Å². The van der Waals surface area contributed by atoms with E-state index in [0.717, 1.165) is 74.0 Å². The van der Waals surface area contributed by atoms with Crippen LogP contribution < -0.4 is 5.73 Å². The third-order valence-corrected chi connectivity index (χ3v) is 17.9. The third kappa shape index (κ3) is 6.46. The van der Waals surface area contributed by atoms with Crippen LogP contribution in [0.15, 0.2) is 52.2 Å². The number of amidine groups is 1. The molecular formula is C51H71N3O5. The molecule has 8 rings (SSSR count). The highest BCUT2D eigenvalue weighted by molar-refractivity contribution is 6.10. The molecule has 7 aliphatic rings. The third-order valence-electron chi connectivity index (χ3n) is 17.9. The second kappa shape index (κ2) is 14.6. The topological polar surface area (TPSA) is 122 Å². The van der Waals surface area contributed by atoms with E-state index in [0.29, 0.717) is 49.6 Å². The molecule has 0 saturated heterocycles. The van der Waals surface area contributed by atoms with Gasteiger partial charge in [0, 0.05) is 30.5 Å². The van der Waals surface area contributed by atoms with Crippen LogP contribution in [0.2, 0.25) is 0 Å². The molecule has 1 aromatic carbocycles. The normalized spacial score (nSPS) is 36.5. The molecule has 8 unspecified atom stereocenters. The SMILES string of the molecule is CC(C)C1=C2C3CCC4C5(C)CCC(OC(=O)CC(C)(C)C(=O)O)C(C)(C)C5CCC4(C)C3(C)CCC2(C2=NCC=C=C(c3ccc(C4CC4)cc3)N2CCN)CC1=O. The number of rotatable bonds is 10. The molecule has 1 heterocycles. The molecule has 5 saturated carbocycles. The predicted molar refractivity (Wildman–Crippen MR) is 233 cm³/mol. The maximum atomic E-state index is 14.7. The lowest BCUT2D eigenvalue weighted by Crippen LogP contribution is -2.66.